The summed E-state index contributed by atoms with van der Waals surface area (Å²) < 4.78 is 11.1. The number of hydrogen-bond acceptors (Lipinski definition) is 3. The van der Waals surface area contributed by atoms with Crippen molar-refractivity contribution in [2.45, 2.75) is 50.7 Å². The molecule has 1 N–H and O–H groups in total. The van der Waals surface area contributed by atoms with Crippen molar-refractivity contribution in [2.24, 2.45) is 0 Å². The van der Waals surface area contributed by atoms with Gasteiger partial charge in [0.15, 0.2) is 0 Å². The van der Waals surface area contributed by atoms with Crippen molar-refractivity contribution in [3.8, 4) is 11.5 Å². The standard InChI is InChI=1S/C15H22O3/c1-17-12-7-6-8-13(11-12)18-15-10-5-3-2-4-9-14(15)16/h6-8,11,14-16H,2-5,9-10H2,1H3. The molecule has 1 saturated carbocycles. The molecule has 0 aliphatic heterocycles. The molecule has 100 valence electrons. The van der Waals surface area contributed by atoms with Crippen LogP contribution in [-0.4, -0.2) is 24.4 Å². The van der Waals surface area contributed by atoms with Gasteiger partial charge in [0.25, 0.3) is 0 Å². The third kappa shape index (κ3) is 3.64. The Hall–Kier alpha value is -1.22. The monoisotopic (exact) mass is 250 g/mol. The van der Waals surface area contributed by atoms with E-state index in [0.717, 1.165) is 37.2 Å². The average molecular weight is 250 g/mol. The predicted octanol–water partition coefficient (Wildman–Crippen LogP) is 3.16. The highest BCUT2D eigenvalue weighted by Gasteiger charge is 2.22. The van der Waals surface area contributed by atoms with E-state index in [-0.39, 0.29) is 12.2 Å². The zero-order valence-electron chi connectivity index (χ0n) is 11.0. The van der Waals surface area contributed by atoms with Crippen LogP contribution >= 0.6 is 0 Å². The maximum absolute atomic E-state index is 10.1. The van der Waals surface area contributed by atoms with Crippen LogP contribution in [0.5, 0.6) is 11.5 Å². The summed E-state index contributed by atoms with van der Waals surface area (Å²) in [6, 6.07) is 7.57. The van der Waals surface area contributed by atoms with Gasteiger partial charge in [0, 0.05) is 6.07 Å². The van der Waals surface area contributed by atoms with Crippen LogP contribution in [0.1, 0.15) is 38.5 Å². The second kappa shape index (κ2) is 6.64. The van der Waals surface area contributed by atoms with E-state index in [0.29, 0.717) is 0 Å². The lowest BCUT2D eigenvalue weighted by molar-refractivity contribution is 0.0186. The molecule has 0 spiro atoms. The van der Waals surface area contributed by atoms with E-state index in [1.54, 1.807) is 7.11 Å². The smallest absolute Gasteiger partial charge is 0.124 e. The number of ether oxygens (including phenoxy) is 2. The molecule has 3 nitrogen and oxygen atoms in total. The summed E-state index contributed by atoms with van der Waals surface area (Å²) >= 11 is 0. The van der Waals surface area contributed by atoms with E-state index in [9.17, 15) is 5.11 Å². The second-order valence-corrected chi connectivity index (χ2v) is 4.89. The van der Waals surface area contributed by atoms with Crippen LogP contribution in [0.2, 0.25) is 0 Å². The molecular weight excluding hydrogens is 228 g/mol. The molecule has 1 aliphatic carbocycles. The van der Waals surface area contributed by atoms with Crippen LogP contribution in [0.15, 0.2) is 24.3 Å². The van der Waals surface area contributed by atoms with Crippen molar-refractivity contribution >= 4 is 0 Å². The van der Waals surface area contributed by atoms with Crippen molar-refractivity contribution in [1.82, 2.24) is 0 Å². The normalized spacial score (nSPS) is 25.0. The lowest BCUT2D eigenvalue weighted by Gasteiger charge is -2.26. The zero-order chi connectivity index (χ0) is 12.8. The number of benzene rings is 1. The van der Waals surface area contributed by atoms with Gasteiger partial charge >= 0.3 is 0 Å². The summed E-state index contributed by atoms with van der Waals surface area (Å²) in [5, 5.41) is 10.1. The molecule has 0 radical (unpaired) electrons. The highest BCUT2D eigenvalue weighted by Crippen LogP contribution is 2.25. The third-order valence-electron chi connectivity index (χ3n) is 3.50. The molecule has 2 atom stereocenters. The number of hydrogen-bond donors (Lipinski definition) is 1. The van der Waals surface area contributed by atoms with Gasteiger partial charge in [-0.25, -0.2) is 0 Å². The summed E-state index contributed by atoms with van der Waals surface area (Å²) in [5.41, 5.74) is 0. The van der Waals surface area contributed by atoms with Crippen LogP contribution in [0.3, 0.4) is 0 Å². The first-order valence-corrected chi connectivity index (χ1v) is 6.78. The first kappa shape index (κ1) is 13.2. The van der Waals surface area contributed by atoms with Crippen molar-refractivity contribution in [3.63, 3.8) is 0 Å². The molecule has 0 aromatic heterocycles. The van der Waals surface area contributed by atoms with E-state index in [4.69, 9.17) is 9.47 Å². The molecule has 18 heavy (non-hydrogen) atoms. The Morgan fingerprint density at radius 2 is 1.78 bits per heavy atom. The minimum atomic E-state index is -0.350. The molecule has 0 heterocycles. The highest BCUT2D eigenvalue weighted by molar-refractivity contribution is 5.33. The van der Waals surface area contributed by atoms with Crippen molar-refractivity contribution in [2.75, 3.05) is 7.11 Å². The highest BCUT2D eigenvalue weighted by atomic mass is 16.5. The van der Waals surface area contributed by atoms with Gasteiger partial charge in [0.1, 0.15) is 17.6 Å². The van der Waals surface area contributed by atoms with E-state index in [2.05, 4.69) is 0 Å². The SMILES string of the molecule is COc1cccc(OC2CCCCCCC2O)c1. The fourth-order valence-electron chi connectivity index (χ4n) is 2.42. The Morgan fingerprint density at radius 3 is 2.56 bits per heavy atom. The van der Waals surface area contributed by atoms with Crippen molar-refractivity contribution < 1.29 is 14.6 Å². The number of aliphatic hydroxyl groups excluding tert-OH is 1. The van der Waals surface area contributed by atoms with Gasteiger partial charge in [-0.2, -0.15) is 0 Å². The predicted molar refractivity (Wildman–Crippen MR) is 71.1 cm³/mol. The Balaban J connectivity index is 2.00. The van der Waals surface area contributed by atoms with Crippen molar-refractivity contribution in [1.29, 1.82) is 0 Å². The maximum Gasteiger partial charge on any atom is 0.124 e. The van der Waals surface area contributed by atoms with Crippen LogP contribution in [0.25, 0.3) is 0 Å². The molecule has 1 fully saturated rings. The van der Waals surface area contributed by atoms with E-state index < -0.39 is 0 Å². The largest absolute Gasteiger partial charge is 0.497 e. The Labute approximate surface area is 109 Å². The van der Waals surface area contributed by atoms with Crippen LogP contribution in [0.4, 0.5) is 0 Å². The fraction of sp³-hybridized carbons (Fsp3) is 0.600. The number of aliphatic hydroxyl groups is 1. The van der Waals surface area contributed by atoms with Gasteiger partial charge in [0.05, 0.1) is 13.2 Å². The van der Waals surface area contributed by atoms with Crippen LogP contribution in [-0.2, 0) is 0 Å². The Kier molecular flexibility index (Phi) is 4.88. The molecule has 0 amide bonds. The van der Waals surface area contributed by atoms with Gasteiger partial charge in [-0.05, 0) is 31.4 Å². The molecule has 1 aromatic carbocycles. The molecule has 1 aliphatic rings. The van der Waals surface area contributed by atoms with Gasteiger partial charge in [-0.15, -0.1) is 0 Å². The Morgan fingerprint density at radius 1 is 1.06 bits per heavy atom. The summed E-state index contributed by atoms with van der Waals surface area (Å²) in [5.74, 6) is 1.56. The summed E-state index contributed by atoms with van der Waals surface area (Å²) in [7, 11) is 1.64. The van der Waals surface area contributed by atoms with Gasteiger partial charge in [-0.1, -0.05) is 25.3 Å². The third-order valence-corrected chi connectivity index (χ3v) is 3.50. The van der Waals surface area contributed by atoms with Gasteiger partial charge in [0.2, 0.25) is 0 Å². The lowest BCUT2D eigenvalue weighted by Crippen LogP contribution is -2.32. The maximum atomic E-state index is 10.1. The molecular formula is C15H22O3. The topological polar surface area (TPSA) is 38.7 Å². The summed E-state index contributed by atoms with van der Waals surface area (Å²) in [4.78, 5) is 0. The van der Waals surface area contributed by atoms with Crippen LogP contribution in [0, 0.1) is 0 Å². The molecule has 2 unspecified atom stereocenters. The number of methoxy groups -OCH3 is 1. The van der Waals surface area contributed by atoms with E-state index in [1.165, 1.54) is 12.8 Å². The first-order chi connectivity index (χ1) is 8.79. The Bertz CT molecular complexity index is 365. The summed E-state index contributed by atoms with van der Waals surface area (Å²) in [6.45, 7) is 0. The molecule has 2 rings (SSSR count). The molecule has 1 aromatic rings. The van der Waals surface area contributed by atoms with E-state index >= 15 is 0 Å². The van der Waals surface area contributed by atoms with Gasteiger partial charge in [-0.3, -0.25) is 0 Å². The zero-order valence-corrected chi connectivity index (χ0v) is 11.0. The fourth-order valence-corrected chi connectivity index (χ4v) is 2.42. The van der Waals surface area contributed by atoms with Crippen LogP contribution < -0.4 is 9.47 Å². The quantitative estimate of drug-likeness (QED) is 0.895. The lowest BCUT2D eigenvalue weighted by atomic mass is 9.96. The molecule has 0 bridgehead atoms. The average Bonchev–Trinajstić information content (AvgIpc) is 2.39. The number of rotatable bonds is 3. The summed E-state index contributed by atoms with van der Waals surface area (Å²) in [6.07, 6.45) is 6.03. The molecule has 3 heteroatoms. The first-order valence-electron chi connectivity index (χ1n) is 6.78. The molecule has 0 saturated heterocycles. The minimum Gasteiger partial charge on any atom is -0.497 e. The van der Waals surface area contributed by atoms with E-state index in [1.807, 2.05) is 24.3 Å². The van der Waals surface area contributed by atoms with Crippen molar-refractivity contribution in [3.05, 3.63) is 24.3 Å². The minimum absolute atomic E-state index is 0.0857. The van der Waals surface area contributed by atoms with Gasteiger partial charge < -0.3 is 14.6 Å². The second-order valence-electron chi connectivity index (χ2n) is 4.89.